The SMILES string of the molecule is CC1CCc2nnc(N3CCC(C(N)=O)CC3)cc2C1. The number of nitrogens with zero attached hydrogens (tertiary/aromatic N) is 3. The molecule has 0 radical (unpaired) electrons. The van der Waals surface area contributed by atoms with Gasteiger partial charge in [0.2, 0.25) is 5.91 Å². The minimum Gasteiger partial charge on any atom is -0.369 e. The lowest BCUT2D eigenvalue weighted by Crippen LogP contribution is -2.39. The lowest BCUT2D eigenvalue weighted by Gasteiger charge is -2.32. The van der Waals surface area contributed by atoms with Gasteiger partial charge in [0.15, 0.2) is 5.82 Å². The molecule has 5 heteroatoms. The number of piperidine rings is 1. The molecular weight excluding hydrogens is 252 g/mol. The lowest BCUT2D eigenvalue weighted by atomic mass is 9.88. The Labute approximate surface area is 119 Å². The summed E-state index contributed by atoms with van der Waals surface area (Å²) in [6.07, 6.45) is 5.02. The summed E-state index contributed by atoms with van der Waals surface area (Å²) in [5.41, 5.74) is 7.89. The van der Waals surface area contributed by atoms with Crippen LogP contribution < -0.4 is 10.6 Å². The van der Waals surface area contributed by atoms with Crippen molar-refractivity contribution in [3.63, 3.8) is 0 Å². The number of primary amides is 1. The number of rotatable bonds is 2. The van der Waals surface area contributed by atoms with Gasteiger partial charge in [0, 0.05) is 19.0 Å². The summed E-state index contributed by atoms with van der Waals surface area (Å²) in [4.78, 5) is 13.4. The van der Waals surface area contributed by atoms with E-state index < -0.39 is 0 Å². The molecule has 1 aromatic heterocycles. The van der Waals surface area contributed by atoms with Crippen molar-refractivity contribution in [1.29, 1.82) is 0 Å². The van der Waals surface area contributed by atoms with Crippen LogP contribution in [0.25, 0.3) is 0 Å². The molecule has 0 bridgehead atoms. The first-order valence-electron chi connectivity index (χ1n) is 7.53. The number of anilines is 1. The number of fused-ring (bicyclic) bond motifs is 1. The fourth-order valence-electron chi connectivity index (χ4n) is 3.24. The van der Waals surface area contributed by atoms with Crippen molar-refractivity contribution < 1.29 is 4.79 Å². The smallest absolute Gasteiger partial charge is 0.220 e. The number of hydrogen-bond donors (Lipinski definition) is 1. The molecule has 108 valence electrons. The summed E-state index contributed by atoms with van der Waals surface area (Å²) in [5, 5.41) is 8.77. The highest BCUT2D eigenvalue weighted by Gasteiger charge is 2.25. The van der Waals surface area contributed by atoms with E-state index in [4.69, 9.17) is 5.73 Å². The van der Waals surface area contributed by atoms with Crippen molar-refractivity contribution in [2.45, 2.75) is 39.0 Å². The Bertz CT molecular complexity index is 509. The van der Waals surface area contributed by atoms with Crippen LogP contribution in [0.1, 0.15) is 37.4 Å². The summed E-state index contributed by atoms with van der Waals surface area (Å²) in [5.74, 6) is 1.55. The molecule has 1 unspecified atom stereocenters. The monoisotopic (exact) mass is 274 g/mol. The first kappa shape index (κ1) is 13.3. The second kappa shape index (κ2) is 5.38. The quantitative estimate of drug-likeness (QED) is 0.882. The van der Waals surface area contributed by atoms with Gasteiger partial charge in [0.05, 0.1) is 5.69 Å². The summed E-state index contributed by atoms with van der Waals surface area (Å²) in [7, 11) is 0. The highest BCUT2D eigenvalue weighted by molar-refractivity contribution is 5.76. The third kappa shape index (κ3) is 2.62. The molecule has 2 N–H and O–H groups in total. The molecule has 1 aromatic rings. The minimum atomic E-state index is -0.171. The third-order valence-corrected chi connectivity index (χ3v) is 4.61. The number of carbonyl (C=O) groups excluding carboxylic acids is 1. The van der Waals surface area contributed by atoms with Crippen LogP contribution in [0.5, 0.6) is 0 Å². The van der Waals surface area contributed by atoms with E-state index >= 15 is 0 Å². The highest BCUT2D eigenvalue weighted by atomic mass is 16.1. The van der Waals surface area contributed by atoms with Gasteiger partial charge < -0.3 is 10.6 Å². The molecule has 5 nitrogen and oxygen atoms in total. The van der Waals surface area contributed by atoms with E-state index in [0.29, 0.717) is 0 Å². The molecule has 1 fully saturated rings. The first-order valence-corrected chi connectivity index (χ1v) is 7.53. The number of amides is 1. The molecule has 0 saturated carbocycles. The maximum Gasteiger partial charge on any atom is 0.220 e. The van der Waals surface area contributed by atoms with Crippen LogP contribution in [-0.2, 0) is 17.6 Å². The van der Waals surface area contributed by atoms with Crippen molar-refractivity contribution >= 4 is 11.7 Å². The normalized spacial score (nSPS) is 23.4. The van der Waals surface area contributed by atoms with Crippen molar-refractivity contribution in [3.05, 3.63) is 17.3 Å². The molecule has 2 aliphatic rings. The second-order valence-electron chi connectivity index (χ2n) is 6.19. The van der Waals surface area contributed by atoms with Crippen molar-refractivity contribution in [2.24, 2.45) is 17.6 Å². The number of hydrogen-bond acceptors (Lipinski definition) is 4. The van der Waals surface area contributed by atoms with Crippen LogP contribution in [0.15, 0.2) is 6.07 Å². The van der Waals surface area contributed by atoms with Crippen LogP contribution in [-0.4, -0.2) is 29.2 Å². The Kier molecular flexibility index (Phi) is 3.59. The van der Waals surface area contributed by atoms with Crippen LogP contribution in [0, 0.1) is 11.8 Å². The minimum absolute atomic E-state index is 0.0249. The zero-order valence-electron chi connectivity index (χ0n) is 12.0. The van der Waals surface area contributed by atoms with E-state index in [1.165, 1.54) is 17.7 Å². The summed E-state index contributed by atoms with van der Waals surface area (Å²) in [6.45, 7) is 3.98. The van der Waals surface area contributed by atoms with E-state index in [2.05, 4.69) is 28.1 Å². The second-order valence-corrected chi connectivity index (χ2v) is 6.19. The molecule has 1 amide bonds. The van der Waals surface area contributed by atoms with Crippen molar-refractivity contribution in [3.8, 4) is 0 Å². The molecule has 1 aliphatic carbocycles. The number of aryl methyl sites for hydroxylation is 1. The number of carbonyl (C=O) groups is 1. The zero-order chi connectivity index (χ0) is 14.1. The van der Waals surface area contributed by atoms with Crippen molar-refractivity contribution in [1.82, 2.24) is 10.2 Å². The molecule has 3 rings (SSSR count). The third-order valence-electron chi connectivity index (χ3n) is 4.61. The number of aromatic nitrogens is 2. The van der Waals surface area contributed by atoms with Crippen LogP contribution in [0.4, 0.5) is 5.82 Å². The summed E-state index contributed by atoms with van der Waals surface area (Å²) >= 11 is 0. The summed E-state index contributed by atoms with van der Waals surface area (Å²) < 4.78 is 0. The van der Waals surface area contributed by atoms with Crippen LogP contribution in [0.2, 0.25) is 0 Å². The van der Waals surface area contributed by atoms with E-state index in [1.54, 1.807) is 0 Å². The lowest BCUT2D eigenvalue weighted by molar-refractivity contribution is -0.122. The van der Waals surface area contributed by atoms with E-state index in [-0.39, 0.29) is 11.8 Å². The average Bonchev–Trinajstić information content (AvgIpc) is 2.46. The van der Waals surface area contributed by atoms with Gasteiger partial charge in [0.25, 0.3) is 0 Å². The maximum absolute atomic E-state index is 11.2. The molecule has 0 spiro atoms. The van der Waals surface area contributed by atoms with Crippen molar-refractivity contribution in [2.75, 3.05) is 18.0 Å². The largest absolute Gasteiger partial charge is 0.369 e. The molecular formula is C15H22N4O. The Hall–Kier alpha value is -1.65. The number of nitrogens with two attached hydrogens (primary N) is 1. The maximum atomic E-state index is 11.2. The molecule has 0 aromatic carbocycles. The van der Waals surface area contributed by atoms with Crippen LogP contribution in [0.3, 0.4) is 0 Å². The van der Waals surface area contributed by atoms with Gasteiger partial charge >= 0.3 is 0 Å². The molecule has 1 atom stereocenters. The predicted molar refractivity (Wildman–Crippen MR) is 77.4 cm³/mol. The van der Waals surface area contributed by atoms with Gasteiger partial charge in [-0.25, -0.2) is 0 Å². The van der Waals surface area contributed by atoms with E-state index in [9.17, 15) is 4.79 Å². The average molecular weight is 274 g/mol. The first-order chi connectivity index (χ1) is 9.63. The van der Waals surface area contributed by atoms with Crippen LogP contribution >= 0.6 is 0 Å². The fourth-order valence-corrected chi connectivity index (χ4v) is 3.24. The van der Waals surface area contributed by atoms with E-state index in [0.717, 1.165) is 50.5 Å². The fraction of sp³-hybridized carbons (Fsp3) is 0.667. The Morgan fingerprint density at radius 2 is 2.05 bits per heavy atom. The Balaban J connectivity index is 1.72. The highest BCUT2D eigenvalue weighted by Crippen LogP contribution is 2.27. The topological polar surface area (TPSA) is 72.1 Å². The van der Waals surface area contributed by atoms with Gasteiger partial charge in [-0.2, -0.15) is 5.10 Å². The summed E-state index contributed by atoms with van der Waals surface area (Å²) in [6, 6.07) is 2.20. The molecule has 1 saturated heterocycles. The van der Waals surface area contributed by atoms with E-state index in [1.807, 2.05) is 0 Å². The van der Waals surface area contributed by atoms with Gasteiger partial charge in [-0.1, -0.05) is 6.92 Å². The zero-order valence-corrected chi connectivity index (χ0v) is 12.0. The van der Waals surface area contributed by atoms with Gasteiger partial charge in [-0.05, 0) is 49.7 Å². The Morgan fingerprint density at radius 3 is 2.75 bits per heavy atom. The van der Waals surface area contributed by atoms with Gasteiger partial charge in [-0.3, -0.25) is 4.79 Å². The molecule has 1 aliphatic heterocycles. The molecule has 2 heterocycles. The van der Waals surface area contributed by atoms with Gasteiger partial charge in [0.1, 0.15) is 0 Å². The van der Waals surface area contributed by atoms with Gasteiger partial charge in [-0.15, -0.1) is 5.10 Å². The standard InChI is InChI=1S/C15H22N4O/c1-10-2-3-13-12(8-10)9-14(18-17-13)19-6-4-11(5-7-19)15(16)20/h9-11H,2-8H2,1H3,(H2,16,20). The molecule has 20 heavy (non-hydrogen) atoms. The predicted octanol–water partition coefficient (Wildman–Crippen LogP) is 1.30. The Morgan fingerprint density at radius 1 is 1.30 bits per heavy atom.